The Hall–Kier alpha value is -1.22. The molecule has 0 N–H and O–H groups in total. The van der Waals surface area contributed by atoms with E-state index < -0.39 is 0 Å². The van der Waals surface area contributed by atoms with Gasteiger partial charge in [-0.05, 0) is 37.9 Å². The quantitative estimate of drug-likeness (QED) is 0.797. The first-order valence-electron chi connectivity index (χ1n) is 7.00. The summed E-state index contributed by atoms with van der Waals surface area (Å²) in [5.74, 6) is 0.958. The third-order valence-corrected chi connectivity index (χ3v) is 4.22. The van der Waals surface area contributed by atoms with Crippen molar-refractivity contribution in [2.24, 2.45) is 0 Å². The highest BCUT2D eigenvalue weighted by molar-refractivity contribution is 5.51. The minimum absolute atomic E-state index is 0.763. The van der Waals surface area contributed by atoms with E-state index in [-0.39, 0.29) is 0 Å². The number of hydrogen-bond acceptors (Lipinski definition) is 3. The van der Waals surface area contributed by atoms with Gasteiger partial charge in [-0.25, -0.2) is 0 Å². The summed E-state index contributed by atoms with van der Waals surface area (Å²) < 4.78 is 5.33. The van der Waals surface area contributed by atoms with Gasteiger partial charge in [0.25, 0.3) is 0 Å². The van der Waals surface area contributed by atoms with Gasteiger partial charge in [0.15, 0.2) is 0 Å². The van der Waals surface area contributed by atoms with Gasteiger partial charge in [-0.3, -0.25) is 4.90 Å². The van der Waals surface area contributed by atoms with E-state index in [0.29, 0.717) is 0 Å². The third-order valence-electron chi connectivity index (χ3n) is 4.22. The van der Waals surface area contributed by atoms with Crippen LogP contribution < -0.4 is 9.64 Å². The summed E-state index contributed by atoms with van der Waals surface area (Å²) in [5, 5.41) is 0. The smallest absolute Gasteiger partial charge is 0.120 e. The number of nitrogens with zero attached hydrogens (tertiary/aromatic N) is 2. The minimum Gasteiger partial charge on any atom is -0.497 e. The lowest BCUT2D eigenvalue weighted by Gasteiger charge is -2.27. The molecule has 0 aromatic heterocycles. The van der Waals surface area contributed by atoms with E-state index in [4.69, 9.17) is 4.74 Å². The molecule has 3 nitrogen and oxygen atoms in total. The van der Waals surface area contributed by atoms with E-state index in [1.807, 2.05) is 6.07 Å². The van der Waals surface area contributed by atoms with Crippen molar-refractivity contribution in [3.8, 4) is 5.75 Å². The second-order valence-electron chi connectivity index (χ2n) is 5.33. The fourth-order valence-corrected chi connectivity index (χ4v) is 3.25. The number of benzene rings is 1. The SMILES string of the molecule is COc1cccc(N2CCCN3CCCC3C2)c1. The van der Waals surface area contributed by atoms with Crippen LogP contribution >= 0.6 is 0 Å². The molecule has 1 aromatic carbocycles. The maximum atomic E-state index is 5.33. The van der Waals surface area contributed by atoms with E-state index in [9.17, 15) is 0 Å². The molecule has 0 bridgehead atoms. The number of anilines is 1. The van der Waals surface area contributed by atoms with Crippen LogP contribution in [0, 0.1) is 0 Å². The van der Waals surface area contributed by atoms with Gasteiger partial charge < -0.3 is 9.64 Å². The zero-order chi connectivity index (χ0) is 12.4. The van der Waals surface area contributed by atoms with Crippen LogP contribution in [-0.2, 0) is 0 Å². The average Bonchev–Trinajstić information content (AvgIpc) is 2.76. The number of rotatable bonds is 2. The topological polar surface area (TPSA) is 15.7 Å². The van der Waals surface area contributed by atoms with E-state index in [0.717, 1.165) is 11.8 Å². The zero-order valence-electron chi connectivity index (χ0n) is 11.1. The van der Waals surface area contributed by atoms with Crippen molar-refractivity contribution in [1.82, 2.24) is 4.90 Å². The van der Waals surface area contributed by atoms with Crippen LogP contribution in [0.2, 0.25) is 0 Å². The Morgan fingerprint density at radius 2 is 2.06 bits per heavy atom. The van der Waals surface area contributed by atoms with Gasteiger partial charge in [-0.2, -0.15) is 0 Å². The second kappa shape index (κ2) is 5.19. The number of methoxy groups -OCH3 is 1. The third kappa shape index (κ3) is 2.32. The molecule has 0 radical (unpaired) electrons. The molecule has 2 saturated heterocycles. The largest absolute Gasteiger partial charge is 0.497 e. The van der Waals surface area contributed by atoms with Crippen molar-refractivity contribution in [3.05, 3.63) is 24.3 Å². The standard InChI is InChI=1S/C15H22N2O/c1-18-15-7-2-5-13(11-15)17-10-4-9-16-8-3-6-14(16)12-17/h2,5,7,11,14H,3-4,6,8-10,12H2,1H3. The molecular weight excluding hydrogens is 224 g/mol. The highest BCUT2D eigenvalue weighted by Gasteiger charge is 2.28. The summed E-state index contributed by atoms with van der Waals surface area (Å²) in [6.45, 7) is 4.91. The summed E-state index contributed by atoms with van der Waals surface area (Å²) in [7, 11) is 1.74. The van der Waals surface area contributed by atoms with Gasteiger partial charge in [0, 0.05) is 37.4 Å². The summed E-state index contributed by atoms with van der Waals surface area (Å²) in [6.07, 6.45) is 4.00. The van der Waals surface area contributed by atoms with E-state index in [1.165, 1.54) is 51.1 Å². The number of fused-ring (bicyclic) bond motifs is 1. The highest BCUT2D eigenvalue weighted by atomic mass is 16.5. The van der Waals surface area contributed by atoms with Gasteiger partial charge >= 0.3 is 0 Å². The molecule has 0 saturated carbocycles. The molecule has 1 aromatic rings. The molecule has 2 heterocycles. The molecule has 2 aliphatic rings. The Bertz CT molecular complexity index is 407. The Labute approximate surface area is 109 Å². The average molecular weight is 246 g/mol. The van der Waals surface area contributed by atoms with Gasteiger partial charge in [0.05, 0.1) is 7.11 Å². The molecule has 0 aliphatic carbocycles. The molecule has 0 amide bonds. The van der Waals surface area contributed by atoms with Gasteiger partial charge in [-0.1, -0.05) is 6.07 Å². The molecule has 2 aliphatic heterocycles. The summed E-state index contributed by atoms with van der Waals surface area (Å²) in [6, 6.07) is 9.23. The van der Waals surface area contributed by atoms with Gasteiger partial charge in [-0.15, -0.1) is 0 Å². The maximum absolute atomic E-state index is 5.33. The first-order chi connectivity index (χ1) is 8.86. The van der Waals surface area contributed by atoms with Crippen molar-refractivity contribution < 1.29 is 4.74 Å². The lowest BCUT2D eigenvalue weighted by atomic mass is 10.2. The molecular formula is C15H22N2O. The molecule has 2 fully saturated rings. The minimum atomic E-state index is 0.763. The van der Waals surface area contributed by atoms with E-state index >= 15 is 0 Å². The Morgan fingerprint density at radius 1 is 1.17 bits per heavy atom. The maximum Gasteiger partial charge on any atom is 0.120 e. The molecule has 3 rings (SSSR count). The van der Waals surface area contributed by atoms with Crippen LogP contribution in [0.25, 0.3) is 0 Å². The second-order valence-corrected chi connectivity index (χ2v) is 5.33. The van der Waals surface area contributed by atoms with Crippen LogP contribution in [0.5, 0.6) is 5.75 Å². The number of ether oxygens (including phenoxy) is 1. The Morgan fingerprint density at radius 3 is 2.94 bits per heavy atom. The van der Waals surface area contributed by atoms with Crippen LogP contribution in [-0.4, -0.2) is 44.2 Å². The van der Waals surface area contributed by atoms with Crippen molar-refractivity contribution in [1.29, 1.82) is 0 Å². The summed E-state index contributed by atoms with van der Waals surface area (Å²) in [4.78, 5) is 5.19. The van der Waals surface area contributed by atoms with Crippen LogP contribution in [0.1, 0.15) is 19.3 Å². The van der Waals surface area contributed by atoms with Crippen LogP contribution in [0.3, 0.4) is 0 Å². The van der Waals surface area contributed by atoms with Crippen LogP contribution in [0.15, 0.2) is 24.3 Å². The fourth-order valence-electron chi connectivity index (χ4n) is 3.25. The molecule has 98 valence electrons. The first-order valence-corrected chi connectivity index (χ1v) is 7.00. The van der Waals surface area contributed by atoms with Crippen molar-refractivity contribution in [2.45, 2.75) is 25.3 Å². The number of hydrogen-bond donors (Lipinski definition) is 0. The lowest BCUT2D eigenvalue weighted by molar-refractivity contribution is 0.273. The Balaban J connectivity index is 1.78. The Kier molecular flexibility index (Phi) is 3.41. The monoisotopic (exact) mass is 246 g/mol. The van der Waals surface area contributed by atoms with Gasteiger partial charge in [0.1, 0.15) is 5.75 Å². The van der Waals surface area contributed by atoms with E-state index in [1.54, 1.807) is 7.11 Å². The van der Waals surface area contributed by atoms with Crippen LogP contribution in [0.4, 0.5) is 5.69 Å². The molecule has 18 heavy (non-hydrogen) atoms. The lowest BCUT2D eigenvalue weighted by Crippen LogP contribution is -2.36. The molecule has 1 unspecified atom stereocenters. The molecule has 3 heteroatoms. The summed E-state index contributed by atoms with van der Waals surface area (Å²) in [5.41, 5.74) is 1.31. The normalized spacial score (nSPS) is 24.7. The van der Waals surface area contributed by atoms with Crippen molar-refractivity contribution in [2.75, 3.05) is 38.2 Å². The predicted molar refractivity (Wildman–Crippen MR) is 74.4 cm³/mol. The van der Waals surface area contributed by atoms with Crippen molar-refractivity contribution in [3.63, 3.8) is 0 Å². The zero-order valence-corrected chi connectivity index (χ0v) is 11.1. The van der Waals surface area contributed by atoms with Gasteiger partial charge in [0.2, 0.25) is 0 Å². The van der Waals surface area contributed by atoms with Crippen molar-refractivity contribution >= 4 is 5.69 Å². The summed E-state index contributed by atoms with van der Waals surface area (Å²) >= 11 is 0. The first kappa shape index (κ1) is 11.8. The fraction of sp³-hybridized carbons (Fsp3) is 0.600. The highest BCUT2D eigenvalue weighted by Crippen LogP contribution is 2.26. The molecule has 0 spiro atoms. The predicted octanol–water partition coefficient (Wildman–Crippen LogP) is 2.37. The van der Waals surface area contributed by atoms with E-state index in [2.05, 4.69) is 28.0 Å². The molecule has 1 atom stereocenters.